The van der Waals surface area contributed by atoms with E-state index in [0.717, 1.165) is 22.1 Å². The zero-order valence-electron chi connectivity index (χ0n) is 18.5. The Balaban J connectivity index is 1.36. The maximum absolute atomic E-state index is 13.4. The molecule has 0 unspecified atom stereocenters. The second-order valence-corrected chi connectivity index (χ2v) is 8.78. The van der Waals surface area contributed by atoms with Crippen molar-refractivity contribution in [3.63, 3.8) is 0 Å². The van der Waals surface area contributed by atoms with E-state index >= 15 is 0 Å². The third-order valence-electron chi connectivity index (χ3n) is 5.52. The van der Waals surface area contributed by atoms with E-state index in [9.17, 15) is 9.18 Å². The molecule has 0 spiro atoms. The van der Waals surface area contributed by atoms with Crippen molar-refractivity contribution in [2.75, 3.05) is 5.32 Å². The molecule has 0 bridgehead atoms. The monoisotopic (exact) mass is 508 g/mol. The largest absolute Gasteiger partial charge is 0.306 e. The molecule has 0 saturated carbocycles. The van der Waals surface area contributed by atoms with E-state index < -0.39 is 0 Å². The summed E-state index contributed by atoms with van der Waals surface area (Å²) in [5, 5.41) is 13.4. The summed E-state index contributed by atoms with van der Waals surface area (Å²) in [5.74, 6) is -0.416. The summed E-state index contributed by atoms with van der Waals surface area (Å²) >= 11 is 12.5. The molecule has 1 amide bonds. The van der Waals surface area contributed by atoms with E-state index in [1.807, 2.05) is 31.2 Å². The summed E-state index contributed by atoms with van der Waals surface area (Å²) in [4.78, 5) is 17.3. The number of halogens is 3. The molecule has 7 nitrogen and oxygen atoms in total. The van der Waals surface area contributed by atoms with E-state index in [1.165, 1.54) is 16.8 Å². The minimum Gasteiger partial charge on any atom is -0.306 e. The van der Waals surface area contributed by atoms with Gasteiger partial charge in [0.2, 0.25) is 5.91 Å². The van der Waals surface area contributed by atoms with Crippen LogP contribution in [0.4, 0.5) is 10.2 Å². The van der Waals surface area contributed by atoms with Gasteiger partial charge in [0.05, 0.1) is 12.2 Å². The molecule has 0 aliphatic carbocycles. The maximum atomic E-state index is 13.4. The van der Waals surface area contributed by atoms with E-state index in [1.54, 1.807) is 35.3 Å². The molecule has 5 rings (SSSR count). The molecule has 0 aliphatic heterocycles. The summed E-state index contributed by atoms with van der Waals surface area (Å²) in [6.07, 6.45) is 3.27. The molecule has 2 aromatic carbocycles. The normalized spacial score (nSPS) is 11.2. The lowest BCUT2D eigenvalue weighted by molar-refractivity contribution is -0.116. The number of benzene rings is 2. The number of nitrogens with zero attached hydrogens (tertiary/aromatic N) is 5. The SMILES string of the molecule is Cc1nn(CC(=O)Nc2nn(Cc3ccccc3Cl)cc2Cl)c2nccc(-c3ccc(F)cc3)c12. The van der Waals surface area contributed by atoms with Crippen molar-refractivity contribution < 1.29 is 9.18 Å². The van der Waals surface area contributed by atoms with Crippen molar-refractivity contribution in [3.05, 3.63) is 94.1 Å². The Morgan fingerprint density at radius 1 is 1.03 bits per heavy atom. The second-order valence-electron chi connectivity index (χ2n) is 7.97. The highest BCUT2D eigenvalue weighted by atomic mass is 35.5. The van der Waals surface area contributed by atoms with E-state index in [2.05, 4.69) is 20.5 Å². The second kappa shape index (κ2) is 9.48. The van der Waals surface area contributed by atoms with E-state index in [4.69, 9.17) is 23.2 Å². The van der Waals surface area contributed by atoms with Crippen molar-refractivity contribution in [1.29, 1.82) is 0 Å². The van der Waals surface area contributed by atoms with Gasteiger partial charge in [0.1, 0.15) is 17.4 Å². The Labute approximate surface area is 210 Å². The molecular weight excluding hydrogens is 490 g/mol. The number of fused-ring (bicyclic) bond motifs is 1. The number of pyridine rings is 1. The third kappa shape index (κ3) is 4.76. The highest BCUT2D eigenvalue weighted by molar-refractivity contribution is 6.33. The molecule has 35 heavy (non-hydrogen) atoms. The molecule has 10 heteroatoms. The zero-order valence-corrected chi connectivity index (χ0v) is 20.1. The standard InChI is InChI=1S/C25H19Cl2FN6O/c1-15-23-19(16-6-8-18(28)9-7-16)10-11-29-25(23)34(31-15)14-22(35)30-24-21(27)13-33(32-24)12-17-4-2-3-5-20(17)26/h2-11,13H,12,14H2,1H3,(H,30,32,35). The molecular formula is C25H19Cl2FN6O. The van der Waals surface area contributed by atoms with Gasteiger partial charge in [-0.2, -0.15) is 10.2 Å². The Hall–Kier alpha value is -3.75. The molecule has 0 saturated heterocycles. The summed E-state index contributed by atoms with van der Waals surface area (Å²) in [5.41, 5.74) is 3.84. The van der Waals surface area contributed by atoms with Gasteiger partial charge in [-0.1, -0.05) is 53.5 Å². The molecule has 1 N–H and O–H groups in total. The lowest BCUT2D eigenvalue weighted by Crippen LogP contribution is -2.20. The number of hydrogen-bond acceptors (Lipinski definition) is 4. The van der Waals surface area contributed by atoms with Crippen molar-refractivity contribution in [3.8, 4) is 11.1 Å². The fourth-order valence-corrected chi connectivity index (χ4v) is 4.33. The van der Waals surface area contributed by atoms with Gasteiger partial charge in [-0.15, -0.1) is 0 Å². The Bertz CT molecular complexity index is 1540. The Morgan fingerprint density at radius 2 is 1.80 bits per heavy atom. The van der Waals surface area contributed by atoms with Crippen LogP contribution >= 0.6 is 23.2 Å². The van der Waals surface area contributed by atoms with Crippen LogP contribution in [0.2, 0.25) is 10.0 Å². The number of nitrogens with one attached hydrogen (secondary N) is 1. The van der Waals surface area contributed by atoms with Crippen LogP contribution in [-0.4, -0.2) is 30.5 Å². The van der Waals surface area contributed by atoms with Crippen LogP contribution in [0.15, 0.2) is 67.0 Å². The number of rotatable bonds is 6. The predicted octanol–water partition coefficient (Wildman–Crippen LogP) is 5.74. The highest BCUT2D eigenvalue weighted by Crippen LogP contribution is 2.30. The number of hydrogen-bond donors (Lipinski definition) is 1. The highest BCUT2D eigenvalue weighted by Gasteiger charge is 2.18. The van der Waals surface area contributed by atoms with Crippen LogP contribution in [0.1, 0.15) is 11.3 Å². The van der Waals surface area contributed by atoms with Gasteiger partial charge >= 0.3 is 0 Å². The van der Waals surface area contributed by atoms with Crippen LogP contribution in [-0.2, 0) is 17.9 Å². The molecule has 3 heterocycles. The first-order valence-electron chi connectivity index (χ1n) is 10.7. The molecule has 5 aromatic rings. The van der Waals surface area contributed by atoms with Crippen LogP contribution in [0.3, 0.4) is 0 Å². The quantitative estimate of drug-likeness (QED) is 0.317. The van der Waals surface area contributed by atoms with Gasteiger partial charge in [-0.25, -0.2) is 14.1 Å². The number of amides is 1. The smallest absolute Gasteiger partial charge is 0.247 e. The molecule has 0 aliphatic rings. The predicted molar refractivity (Wildman–Crippen MR) is 134 cm³/mol. The van der Waals surface area contributed by atoms with Crippen LogP contribution in [0.5, 0.6) is 0 Å². The molecule has 176 valence electrons. The third-order valence-corrected chi connectivity index (χ3v) is 6.17. The number of carbonyl (C=O) groups excluding carboxylic acids is 1. The lowest BCUT2D eigenvalue weighted by Gasteiger charge is -2.06. The number of aromatic nitrogens is 5. The average molecular weight is 509 g/mol. The van der Waals surface area contributed by atoms with E-state index in [0.29, 0.717) is 27.9 Å². The van der Waals surface area contributed by atoms with Gasteiger partial charge < -0.3 is 5.32 Å². The topological polar surface area (TPSA) is 77.6 Å². The van der Waals surface area contributed by atoms with E-state index in [-0.39, 0.29) is 24.1 Å². The van der Waals surface area contributed by atoms with Crippen LogP contribution in [0, 0.1) is 12.7 Å². The minimum atomic E-state index is -0.353. The minimum absolute atomic E-state index is 0.0854. The first kappa shape index (κ1) is 23.0. The van der Waals surface area contributed by atoms with Crippen molar-refractivity contribution in [2.24, 2.45) is 0 Å². The summed E-state index contributed by atoms with van der Waals surface area (Å²) in [7, 11) is 0. The van der Waals surface area contributed by atoms with Crippen LogP contribution < -0.4 is 5.32 Å². The van der Waals surface area contributed by atoms with Gasteiger partial charge in [-0.05, 0) is 47.9 Å². The van der Waals surface area contributed by atoms with Crippen molar-refractivity contribution >= 4 is 46.0 Å². The maximum Gasteiger partial charge on any atom is 0.247 e. The molecule has 3 aromatic heterocycles. The first-order chi connectivity index (χ1) is 16.9. The molecule has 0 atom stereocenters. The molecule has 0 radical (unpaired) electrons. The first-order valence-corrected chi connectivity index (χ1v) is 11.5. The fourth-order valence-electron chi connectivity index (χ4n) is 3.93. The van der Waals surface area contributed by atoms with Crippen molar-refractivity contribution in [2.45, 2.75) is 20.0 Å². The summed E-state index contributed by atoms with van der Waals surface area (Å²) in [6, 6.07) is 15.5. The average Bonchev–Trinajstić information content (AvgIpc) is 3.34. The lowest BCUT2D eigenvalue weighted by atomic mass is 10.0. The summed E-state index contributed by atoms with van der Waals surface area (Å²) in [6.45, 7) is 2.17. The van der Waals surface area contributed by atoms with Gasteiger partial charge in [-0.3, -0.25) is 9.48 Å². The van der Waals surface area contributed by atoms with Crippen molar-refractivity contribution in [1.82, 2.24) is 24.5 Å². The zero-order chi connectivity index (χ0) is 24.5. The number of carbonyl (C=O) groups is 1. The molecule has 0 fully saturated rings. The fraction of sp³-hybridized carbons (Fsp3) is 0.120. The van der Waals surface area contributed by atoms with Crippen LogP contribution in [0.25, 0.3) is 22.2 Å². The Morgan fingerprint density at radius 3 is 2.57 bits per heavy atom. The number of aryl methyl sites for hydroxylation is 1. The Kier molecular flexibility index (Phi) is 6.23. The van der Waals surface area contributed by atoms with Gasteiger partial charge in [0, 0.05) is 22.8 Å². The number of anilines is 1. The van der Waals surface area contributed by atoms with Gasteiger partial charge in [0.15, 0.2) is 11.5 Å². The van der Waals surface area contributed by atoms with Gasteiger partial charge in [0.25, 0.3) is 0 Å². The summed E-state index contributed by atoms with van der Waals surface area (Å²) < 4.78 is 16.5.